The summed E-state index contributed by atoms with van der Waals surface area (Å²) in [5.41, 5.74) is 5.97. The Kier molecular flexibility index (Phi) is 2.88. The number of fused-ring (bicyclic) bond motifs is 1. The first-order valence-corrected chi connectivity index (χ1v) is 6.63. The van der Waals surface area contributed by atoms with Gasteiger partial charge >= 0.3 is 0 Å². The van der Waals surface area contributed by atoms with Gasteiger partial charge in [-0.15, -0.1) is 0 Å². The molecule has 1 saturated heterocycles. The Morgan fingerprint density at radius 1 is 1.24 bits per heavy atom. The van der Waals surface area contributed by atoms with Crippen LogP contribution in [-0.4, -0.2) is 39.3 Å². The van der Waals surface area contributed by atoms with E-state index in [2.05, 4.69) is 21.7 Å². The molecule has 0 radical (unpaired) electrons. The quantitative estimate of drug-likeness (QED) is 0.778. The third-order valence-electron chi connectivity index (χ3n) is 3.99. The minimum Gasteiger partial charge on any atom is -0.327 e. The van der Waals surface area contributed by atoms with Crippen molar-refractivity contribution in [3.05, 3.63) is 11.6 Å². The molecule has 2 atom stereocenters. The van der Waals surface area contributed by atoms with Crippen LogP contribution in [-0.2, 0) is 13.0 Å². The highest BCUT2D eigenvalue weighted by Gasteiger charge is 2.27. The number of nitrogens with two attached hydrogens (primary N) is 1. The highest BCUT2D eigenvalue weighted by atomic mass is 15.4. The van der Waals surface area contributed by atoms with Crippen molar-refractivity contribution in [1.82, 2.24) is 19.7 Å². The number of aromatic nitrogens is 3. The number of piperidine rings is 1. The third kappa shape index (κ3) is 2.09. The first-order valence-electron chi connectivity index (χ1n) is 6.63. The molecule has 0 bridgehead atoms. The number of hydrogen-bond donors (Lipinski definition) is 1. The lowest BCUT2D eigenvalue weighted by molar-refractivity contribution is 0.179. The van der Waals surface area contributed by atoms with Crippen molar-refractivity contribution in [3.8, 4) is 0 Å². The maximum atomic E-state index is 5.97. The second-order valence-electron chi connectivity index (χ2n) is 5.35. The molecule has 0 spiro atoms. The largest absolute Gasteiger partial charge is 0.327 e. The summed E-state index contributed by atoms with van der Waals surface area (Å²) in [5, 5.41) is 4.67. The van der Waals surface area contributed by atoms with Crippen molar-refractivity contribution < 1.29 is 0 Å². The van der Waals surface area contributed by atoms with Gasteiger partial charge in [0.1, 0.15) is 5.82 Å². The molecule has 1 aromatic heterocycles. The molecular weight excluding hydrogens is 214 g/mol. The maximum Gasteiger partial charge on any atom is 0.168 e. The highest BCUT2D eigenvalue weighted by molar-refractivity contribution is 5.03. The van der Waals surface area contributed by atoms with Crippen molar-refractivity contribution in [3.63, 3.8) is 0 Å². The molecule has 0 aromatic carbocycles. The summed E-state index contributed by atoms with van der Waals surface area (Å²) in [4.78, 5) is 7.09. The van der Waals surface area contributed by atoms with Gasteiger partial charge in [-0.05, 0) is 32.9 Å². The van der Waals surface area contributed by atoms with Gasteiger partial charge in [0.05, 0.1) is 6.04 Å². The fourth-order valence-electron chi connectivity index (χ4n) is 2.89. The number of hydrogen-bond acceptors (Lipinski definition) is 4. The van der Waals surface area contributed by atoms with Crippen LogP contribution in [0.5, 0.6) is 0 Å². The first-order chi connectivity index (χ1) is 8.24. The zero-order chi connectivity index (χ0) is 11.8. The lowest BCUT2D eigenvalue weighted by Crippen LogP contribution is -2.31. The van der Waals surface area contributed by atoms with Crippen LogP contribution in [0.1, 0.15) is 43.4 Å². The summed E-state index contributed by atoms with van der Waals surface area (Å²) in [6.07, 6.45) is 5.68. The van der Waals surface area contributed by atoms with Crippen molar-refractivity contribution in [1.29, 1.82) is 0 Å². The van der Waals surface area contributed by atoms with Gasteiger partial charge in [-0.3, -0.25) is 4.90 Å². The van der Waals surface area contributed by atoms with Crippen molar-refractivity contribution in [2.75, 3.05) is 13.6 Å². The Hall–Kier alpha value is -0.940. The number of nitrogens with zero attached hydrogens (tertiary/aromatic N) is 4. The van der Waals surface area contributed by atoms with E-state index in [0.717, 1.165) is 37.6 Å². The predicted octanol–water partition coefficient (Wildman–Crippen LogP) is 0.708. The summed E-state index contributed by atoms with van der Waals surface area (Å²) in [7, 11) is 2.18. The van der Waals surface area contributed by atoms with Gasteiger partial charge in [0, 0.05) is 19.0 Å². The molecule has 2 unspecified atom stereocenters. The van der Waals surface area contributed by atoms with E-state index in [0.29, 0.717) is 6.04 Å². The van der Waals surface area contributed by atoms with Crippen LogP contribution in [0.15, 0.2) is 0 Å². The zero-order valence-corrected chi connectivity index (χ0v) is 10.5. The minimum absolute atomic E-state index is 0.267. The summed E-state index contributed by atoms with van der Waals surface area (Å²) in [6.45, 7) is 2.09. The van der Waals surface area contributed by atoms with Gasteiger partial charge in [-0.2, -0.15) is 5.10 Å². The molecule has 17 heavy (non-hydrogen) atoms. The van der Waals surface area contributed by atoms with E-state index in [1.165, 1.54) is 19.3 Å². The molecule has 94 valence electrons. The van der Waals surface area contributed by atoms with E-state index in [9.17, 15) is 0 Å². The van der Waals surface area contributed by atoms with Gasteiger partial charge in [0.15, 0.2) is 5.82 Å². The van der Waals surface area contributed by atoms with E-state index >= 15 is 0 Å². The number of rotatable bonds is 1. The lowest BCUT2D eigenvalue weighted by atomic mass is 10.0. The van der Waals surface area contributed by atoms with Gasteiger partial charge in [0.2, 0.25) is 0 Å². The second-order valence-corrected chi connectivity index (χ2v) is 5.35. The second kappa shape index (κ2) is 4.38. The van der Waals surface area contributed by atoms with Crippen LogP contribution >= 0.6 is 0 Å². The van der Waals surface area contributed by atoms with E-state index < -0.39 is 0 Å². The number of likely N-dealkylation sites (tertiary alicyclic amines) is 1. The van der Waals surface area contributed by atoms with Gasteiger partial charge in [0.25, 0.3) is 0 Å². The molecule has 5 nitrogen and oxygen atoms in total. The summed E-state index contributed by atoms with van der Waals surface area (Å²) < 4.78 is 2.06. The molecule has 1 aromatic rings. The average molecular weight is 235 g/mol. The SMILES string of the molecule is CN1CCCCC1c1nc2n(n1)CCC(N)C2. The Morgan fingerprint density at radius 2 is 2.12 bits per heavy atom. The molecule has 2 aliphatic rings. The molecule has 0 aliphatic carbocycles. The molecule has 3 heterocycles. The van der Waals surface area contributed by atoms with Crippen molar-refractivity contribution >= 4 is 0 Å². The Morgan fingerprint density at radius 3 is 2.94 bits per heavy atom. The molecule has 5 heteroatoms. The first kappa shape index (κ1) is 11.2. The lowest BCUT2D eigenvalue weighted by Gasteiger charge is -2.30. The van der Waals surface area contributed by atoms with Gasteiger partial charge in [-0.1, -0.05) is 6.42 Å². The maximum absolute atomic E-state index is 5.97. The Labute approximate surface area is 102 Å². The van der Waals surface area contributed by atoms with E-state index in [1.807, 2.05) is 0 Å². The molecule has 0 amide bonds. The van der Waals surface area contributed by atoms with Crippen LogP contribution in [0.2, 0.25) is 0 Å². The fourth-order valence-corrected chi connectivity index (χ4v) is 2.89. The average Bonchev–Trinajstić information content (AvgIpc) is 2.72. The molecular formula is C12H21N5. The van der Waals surface area contributed by atoms with Gasteiger partial charge < -0.3 is 5.73 Å². The fraction of sp³-hybridized carbons (Fsp3) is 0.833. The standard InChI is InChI=1S/C12H21N5/c1-16-6-3-2-4-10(16)12-14-11-8-9(13)5-7-17(11)15-12/h9-10H,2-8,13H2,1H3. The van der Waals surface area contributed by atoms with E-state index in [4.69, 9.17) is 10.7 Å². The predicted molar refractivity (Wildman–Crippen MR) is 65.5 cm³/mol. The number of aryl methyl sites for hydroxylation is 1. The van der Waals surface area contributed by atoms with E-state index in [-0.39, 0.29) is 6.04 Å². The van der Waals surface area contributed by atoms with Crippen LogP contribution in [0.25, 0.3) is 0 Å². The highest BCUT2D eigenvalue weighted by Crippen LogP contribution is 2.28. The molecule has 3 rings (SSSR count). The smallest absolute Gasteiger partial charge is 0.168 e. The van der Waals surface area contributed by atoms with Crippen LogP contribution < -0.4 is 5.73 Å². The van der Waals surface area contributed by atoms with Crippen molar-refractivity contribution in [2.45, 2.75) is 50.7 Å². The van der Waals surface area contributed by atoms with E-state index in [1.54, 1.807) is 0 Å². The van der Waals surface area contributed by atoms with Crippen LogP contribution in [0, 0.1) is 0 Å². The molecule has 0 saturated carbocycles. The minimum atomic E-state index is 0.267. The van der Waals surface area contributed by atoms with Crippen LogP contribution in [0.3, 0.4) is 0 Å². The van der Waals surface area contributed by atoms with Gasteiger partial charge in [-0.25, -0.2) is 9.67 Å². The normalized spacial score (nSPS) is 30.2. The third-order valence-corrected chi connectivity index (χ3v) is 3.99. The molecule has 2 aliphatic heterocycles. The Bertz CT molecular complexity index is 400. The molecule has 2 N–H and O–H groups in total. The summed E-state index contributed by atoms with van der Waals surface area (Å²) in [5.74, 6) is 2.09. The zero-order valence-electron chi connectivity index (χ0n) is 10.5. The summed E-state index contributed by atoms with van der Waals surface area (Å²) in [6, 6.07) is 0.682. The monoisotopic (exact) mass is 235 g/mol. The Balaban J connectivity index is 1.84. The topological polar surface area (TPSA) is 60.0 Å². The summed E-state index contributed by atoms with van der Waals surface area (Å²) >= 11 is 0. The molecule has 1 fully saturated rings. The van der Waals surface area contributed by atoms with Crippen molar-refractivity contribution in [2.24, 2.45) is 5.73 Å². The van der Waals surface area contributed by atoms with Crippen LogP contribution in [0.4, 0.5) is 0 Å².